The van der Waals surface area contributed by atoms with E-state index in [1.54, 1.807) is 4.90 Å². The van der Waals surface area contributed by atoms with Crippen molar-refractivity contribution in [2.75, 3.05) is 5.32 Å². The molecule has 4 rings (SSSR count). The maximum Gasteiger partial charge on any atom is 0.243 e. The van der Waals surface area contributed by atoms with Crippen molar-refractivity contribution in [1.82, 2.24) is 10.2 Å². The average Bonchev–Trinajstić information content (AvgIpc) is 3.49. The van der Waals surface area contributed by atoms with Gasteiger partial charge in [-0.3, -0.25) is 14.4 Å². The predicted octanol–water partition coefficient (Wildman–Crippen LogP) is 2.20. The normalized spacial score (nSPS) is 27.5. The van der Waals surface area contributed by atoms with Crippen LogP contribution in [0.4, 0.5) is 10.1 Å². The van der Waals surface area contributed by atoms with Crippen molar-refractivity contribution >= 4 is 23.4 Å². The number of amides is 3. The fourth-order valence-corrected chi connectivity index (χ4v) is 4.22. The Bertz CT molecular complexity index is 747. The van der Waals surface area contributed by atoms with E-state index in [1.807, 2.05) is 0 Å². The van der Waals surface area contributed by atoms with Gasteiger partial charge in [0, 0.05) is 17.6 Å². The Hall–Kier alpha value is -2.44. The Kier molecular flexibility index (Phi) is 4.85. The van der Waals surface area contributed by atoms with Gasteiger partial charge in [0.2, 0.25) is 17.7 Å². The van der Waals surface area contributed by atoms with E-state index in [2.05, 4.69) is 10.6 Å². The van der Waals surface area contributed by atoms with E-state index < -0.39 is 6.04 Å². The summed E-state index contributed by atoms with van der Waals surface area (Å²) in [6.07, 6.45) is 5.44. The minimum absolute atomic E-state index is 0.00105. The number of hydrogen-bond donors (Lipinski definition) is 2. The molecule has 6 nitrogen and oxygen atoms in total. The van der Waals surface area contributed by atoms with Gasteiger partial charge < -0.3 is 15.5 Å². The number of rotatable bonds is 4. The highest BCUT2D eigenvalue weighted by Crippen LogP contribution is 2.37. The van der Waals surface area contributed by atoms with Gasteiger partial charge in [-0.25, -0.2) is 4.39 Å². The van der Waals surface area contributed by atoms with Gasteiger partial charge in [-0.2, -0.15) is 0 Å². The van der Waals surface area contributed by atoms with E-state index in [0.717, 1.165) is 38.5 Å². The van der Waals surface area contributed by atoms with Crippen LogP contribution in [-0.4, -0.2) is 40.7 Å². The first kappa shape index (κ1) is 17.9. The summed E-state index contributed by atoms with van der Waals surface area (Å²) >= 11 is 0. The summed E-state index contributed by atoms with van der Waals surface area (Å²) in [7, 11) is 0. The molecule has 0 unspecified atom stereocenters. The lowest BCUT2D eigenvalue weighted by Gasteiger charge is -2.48. The zero-order valence-corrected chi connectivity index (χ0v) is 15.1. The van der Waals surface area contributed by atoms with Crippen LogP contribution in [0.15, 0.2) is 24.3 Å². The van der Waals surface area contributed by atoms with E-state index in [-0.39, 0.29) is 48.0 Å². The highest BCUT2D eigenvalue weighted by molar-refractivity contribution is 5.98. The van der Waals surface area contributed by atoms with Crippen molar-refractivity contribution in [3.05, 3.63) is 30.1 Å². The van der Waals surface area contributed by atoms with Gasteiger partial charge in [0.1, 0.15) is 11.9 Å². The fourth-order valence-electron chi connectivity index (χ4n) is 4.22. The molecule has 0 bridgehead atoms. The van der Waals surface area contributed by atoms with E-state index in [0.29, 0.717) is 5.69 Å². The smallest absolute Gasteiger partial charge is 0.243 e. The summed E-state index contributed by atoms with van der Waals surface area (Å²) in [4.78, 5) is 39.8. The lowest BCUT2D eigenvalue weighted by molar-refractivity contribution is -0.152. The molecular formula is C20H24FN3O3. The molecule has 7 heteroatoms. The minimum Gasteiger partial charge on any atom is -0.349 e. The lowest BCUT2D eigenvalue weighted by Crippen LogP contribution is -2.68. The van der Waals surface area contributed by atoms with Crippen molar-refractivity contribution < 1.29 is 18.8 Å². The van der Waals surface area contributed by atoms with E-state index in [4.69, 9.17) is 0 Å². The minimum atomic E-state index is -0.780. The first-order chi connectivity index (χ1) is 13.0. The lowest BCUT2D eigenvalue weighted by atomic mass is 9.85. The molecule has 1 saturated heterocycles. The summed E-state index contributed by atoms with van der Waals surface area (Å²) in [6.45, 7) is 0. The summed E-state index contributed by atoms with van der Waals surface area (Å²) in [5.41, 5.74) is 0.466. The first-order valence-electron chi connectivity index (χ1n) is 9.71. The van der Waals surface area contributed by atoms with E-state index >= 15 is 0 Å². The fraction of sp³-hybridized carbons (Fsp3) is 0.550. The van der Waals surface area contributed by atoms with Crippen LogP contribution in [0.2, 0.25) is 0 Å². The second kappa shape index (κ2) is 7.29. The van der Waals surface area contributed by atoms with Gasteiger partial charge >= 0.3 is 0 Å². The predicted molar refractivity (Wildman–Crippen MR) is 97.2 cm³/mol. The van der Waals surface area contributed by atoms with Crippen LogP contribution in [0.5, 0.6) is 0 Å². The Balaban J connectivity index is 1.51. The Morgan fingerprint density at radius 3 is 2.52 bits per heavy atom. The van der Waals surface area contributed by atoms with Gasteiger partial charge in [0.05, 0.1) is 12.5 Å². The summed E-state index contributed by atoms with van der Waals surface area (Å²) in [5, 5.41) is 5.72. The zero-order chi connectivity index (χ0) is 19.0. The maximum absolute atomic E-state index is 13.0. The molecule has 3 aliphatic rings. The number of carbonyl (C=O) groups is 3. The van der Waals surface area contributed by atoms with Gasteiger partial charge in [0.25, 0.3) is 0 Å². The van der Waals surface area contributed by atoms with Gasteiger partial charge in [0.15, 0.2) is 0 Å². The molecule has 0 aromatic heterocycles. The number of halogens is 1. The molecule has 0 radical (unpaired) electrons. The number of anilines is 1. The zero-order valence-electron chi connectivity index (χ0n) is 15.1. The summed E-state index contributed by atoms with van der Waals surface area (Å²) < 4.78 is 13.0. The molecule has 1 aliphatic heterocycles. The number of piperazine rings is 1. The molecule has 3 fully saturated rings. The summed E-state index contributed by atoms with van der Waals surface area (Å²) in [5.74, 6) is -0.974. The van der Waals surface area contributed by atoms with Crippen molar-refractivity contribution in [3.63, 3.8) is 0 Å². The number of nitrogens with one attached hydrogen (secondary N) is 2. The molecule has 0 spiro atoms. The van der Waals surface area contributed by atoms with Gasteiger partial charge in [-0.15, -0.1) is 0 Å². The van der Waals surface area contributed by atoms with Crippen LogP contribution in [0.25, 0.3) is 0 Å². The third-order valence-electron chi connectivity index (χ3n) is 5.74. The second-order valence-electron chi connectivity index (χ2n) is 7.76. The molecular weight excluding hydrogens is 349 g/mol. The van der Waals surface area contributed by atoms with Crippen LogP contribution in [0.1, 0.15) is 44.9 Å². The first-order valence-corrected chi connectivity index (χ1v) is 9.71. The van der Waals surface area contributed by atoms with Crippen molar-refractivity contribution in [1.29, 1.82) is 0 Å². The maximum atomic E-state index is 13.0. The van der Waals surface area contributed by atoms with E-state index in [1.165, 1.54) is 24.3 Å². The van der Waals surface area contributed by atoms with Crippen molar-refractivity contribution in [3.8, 4) is 0 Å². The number of benzene rings is 1. The number of nitrogens with zero attached hydrogens (tertiary/aromatic N) is 1. The second-order valence-corrected chi connectivity index (χ2v) is 7.76. The van der Waals surface area contributed by atoms with Gasteiger partial charge in [-0.1, -0.05) is 12.8 Å². The number of hydrogen-bond acceptors (Lipinski definition) is 3. The Morgan fingerprint density at radius 2 is 1.81 bits per heavy atom. The van der Waals surface area contributed by atoms with Gasteiger partial charge in [-0.05, 0) is 49.9 Å². The van der Waals surface area contributed by atoms with Crippen LogP contribution >= 0.6 is 0 Å². The third kappa shape index (κ3) is 3.82. The molecule has 3 amide bonds. The molecule has 1 heterocycles. The quantitative estimate of drug-likeness (QED) is 0.849. The molecule has 1 aromatic rings. The largest absolute Gasteiger partial charge is 0.349 e. The topological polar surface area (TPSA) is 78.5 Å². The average molecular weight is 373 g/mol. The highest BCUT2D eigenvalue weighted by Gasteiger charge is 2.48. The van der Waals surface area contributed by atoms with Crippen molar-refractivity contribution in [2.45, 2.75) is 63.1 Å². The molecule has 1 aromatic carbocycles. The molecule has 2 saturated carbocycles. The SMILES string of the molecule is O=C(C[C@H]1C(=O)N[C@H]2CCCC[C@@H]2N1C(=O)C1CC1)Nc1ccc(F)cc1. The van der Waals surface area contributed by atoms with E-state index in [9.17, 15) is 18.8 Å². The summed E-state index contributed by atoms with van der Waals surface area (Å²) in [6, 6.07) is 4.66. The third-order valence-corrected chi connectivity index (χ3v) is 5.74. The monoisotopic (exact) mass is 373 g/mol. The molecule has 3 atom stereocenters. The highest BCUT2D eigenvalue weighted by atomic mass is 19.1. The molecule has 2 N–H and O–H groups in total. The van der Waals surface area contributed by atoms with Crippen molar-refractivity contribution in [2.24, 2.45) is 5.92 Å². The number of carbonyl (C=O) groups excluding carboxylic acids is 3. The standard InChI is InChI=1S/C20H24FN3O3/c21-13-7-9-14(10-8-13)22-18(25)11-17-19(26)23-15-3-1-2-4-16(15)24(17)20(27)12-5-6-12/h7-10,12,15-17H,1-6,11H2,(H,22,25)(H,23,26)/t15-,16-,17-/m0/s1. The van der Waals surface area contributed by atoms with Crippen LogP contribution in [0, 0.1) is 11.7 Å². The van der Waals surface area contributed by atoms with Crippen LogP contribution in [0.3, 0.4) is 0 Å². The molecule has 144 valence electrons. The van der Waals surface area contributed by atoms with Crippen LogP contribution < -0.4 is 10.6 Å². The van der Waals surface area contributed by atoms with Crippen LogP contribution in [-0.2, 0) is 14.4 Å². The molecule has 2 aliphatic carbocycles. The Morgan fingerprint density at radius 1 is 1.11 bits per heavy atom. The number of fused-ring (bicyclic) bond motifs is 1. The Labute approximate surface area is 157 Å². The molecule has 27 heavy (non-hydrogen) atoms.